The van der Waals surface area contributed by atoms with Gasteiger partial charge in [-0.15, -0.1) is 11.3 Å². The number of hydrogen-bond donors (Lipinski definition) is 2. The number of rotatable bonds is 17. The summed E-state index contributed by atoms with van der Waals surface area (Å²) in [4.78, 5) is 49.3. The highest BCUT2D eigenvalue weighted by Gasteiger charge is 2.41. The Balaban J connectivity index is 0.782. The third-order valence-electron chi connectivity index (χ3n) is 12.3. The molecule has 0 unspecified atom stereocenters. The van der Waals surface area contributed by atoms with Gasteiger partial charge >= 0.3 is 0 Å². The van der Waals surface area contributed by atoms with Crippen molar-refractivity contribution < 1.29 is 28.6 Å². The Morgan fingerprint density at radius 3 is 2.52 bits per heavy atom. The summed E-state index contributed by atoms with van der Waals surface area (Å²) < 4.78 is 18.0. The normalized spacial score (nSPS) is 18.6. The number of nitrogens with zero attached hydrogens (tertiary/aromatic N) is 4. The van der Waals surface area contributed by atoms with Gasteiger partial charge in [0.15, 0.2) is 6.61 Å². The molecule has 1 aliphatic carbocycles. The molecule has 0 radical (unpaired) electrons. The molecule has 4 heterocycles. The summed E-state index contributed by atoms with van der Waals surface area (Å²) in [5.41, 5.74) is 4.68. The van der Waals surface area contributed by atoms with Crippen molar-refractivity contribution in [2.45, 2.75) is 95.6 Å². The fourth-order valence-electron chi connectivity index (χ4n) is 8.89. The average molecular weight is 815 g/mol. The Morgan fingerprint density at radius 1 is 0.983 bits per heavy atom. The van der Waals surface area contributed by atoms with Gasteiger partial charge in [0, 0.05) is 50.7 Å². The molecule has 2 aromatic carbocycles. The zero-order valence-corrected chi connectivity index (χ0v) is 35.1. The standard InChI is InChI=1S/C45H62N6O6S/c1-34-47-40(32-58-34)44(54)50-27-30-57-45(33-50)19-24-49(25-20-45)23-16-35-11-13-36(14-12-35)17-28-55-29-18-42(53)51(38-8-4-2-3-5-9-38)26-22-46-21-15-37-7-6-10-39-43(37)56-31-41(52)48-39/h6-7,10-14,32,38,46H,2-5,8-9,15-31,33H2,1H3,(H,48,52). The second-order valence-electron chi connectivity index (χ2n) is 16.4. The molecular formula is C45H62N6O6S. The topological polar surface area (TPSA) is 126 Å². The van der Waals surface area contributed by atoms with Gasteiger partial charge in [0.05, 0.1) is 49.1 Å². The number of thiazole rings is 1. The fraction of sp³-hybridized carbons (Fsp3) is 0.600. The van der Waals surface area contributed by atoms with E-state index in [-0.39, 0.29) is 29.9 Å². The first-order chi connectivity index (χ1) is 28.3. The molecule has 58 heavy (non-hydrogen) atoms. The van der Waals surface area contributed by atoms with Crippen LogP contribution < -0.4 is 15.4 Å². The van der Waals surface area contributed by atoms with Crippen LogP contribution in [0.5, 0.6) is 5.75 Å². The maximum atomic E-state index is 13.6. The number of morpholine rings is 1. The second kappa shape index (κ2) is 20.9. The number of piperidine rings is 1. The smallest absolute Gasteiger partial charge is 0.273 e. The van der Waals surface area contributed by atoms with Crippen LogP contribution in [-0.2, 0) is 38.3 Å². The molecule has 3 amide bonds. The van der Waals surface area contributed by atoms with Crippen LogP contribution in [0, 0.1) is 6.92 Å². The van der Waals surface area contributed by atoms with E-state index in [1.807, 2.05) is 35.4 Å². The van der Waals surface area contributed by atoms with Crippen LogP contribution in [0.3, 0.4) is 0 Å². The van der Waals surface area contributed by atoms with Crippen LogP contribution in [0.2, 0.25) is 0 Å². The lowest BCUT2D eigenvalue weighted by atomic mass is 9.89. The van der Waals surface area contributed by atoms with Crippen molar-refractivity contribution >= 4 is 34.7 Å². The number of carbonyl (C=O) groups excluding carboxylic acids is 3. The van der Waals surface area contributed by atoms with E-state index in [0.29, 0.717) is 57.6 Å². The van der Waals surface area contributed by atoms with Gasteiger partial charge in [0.25, 0.3) is 11.8 Å². The first kappa shape index (κ1) is 42.3. The Bertz CT molecular complexity index is 1800. The first-order valence-corrected chi connectivity index (χ1v) is 22.5. The summed E-state index contributed by atoms with van der Waals surface area (Å²) in [5.74, 6) is 0.849. The molecule has 13 heteroatoms. The molecule has 0 atom stereocenters. The molecule has 1 saturated carbocycles. The van der Waals surface area contributed by atoms with E-state index >= 15 is 0 Å². The number of amides is 3. The minimum atomic E-state index is -0.248. The van der Waals surface area contributed by atoms with Crippen molar-refractivity contribution in [3.05, 3.63) is 75.2 Å². The van der Waals surface area contributed by atoms with Crippen molar-refractivity contribution in [2.75, 3.05) is 84.1 Å². The SMILES string of the molecule is Cc1nc(C(=O)N2CCOC3(CCN(CCc4ccc(CCOCCC(=O)N(CCNCCc5cccc6c5OCC(=O)N6)C5CCCCCC5)cc4)CC3)C2)cs1. The maximum Gasteiger partial charge on any atom is 0.273 e. The predicted molar refractivity (Wildman–Crippen MR) is 227 cm³/mol. The molecule has 7 rings (SSSR count). The first-order valence-electron chi connectivity index (χ1n) is 21.6. The van der Waals surface area contributed by atoms with Crippen LogP contribution >= 0.6 is 11.3 Å². The van der Waals surface area contributed by atoms with Gasteiger partial charge in [-0.25, -0.2) is 4.98 Å². The number of likely N-dealkylation sites (tertiary alicyclic amines) is 1. The molecule has 1 spiro atoms. The highest BCUT2D eigenvalue weighted by atomic mass is 32.1. The number of ether oxygens (including phenoxy) is 3. The van der Waals surface area contributed by atoms with Gasteiger partial charge in [-0.1, -0.05) is 62.1 Å². The number of fused-ring (bicyclic) bond motifs is 1. The number of carbonyl (C=O) groups is 3. The van der Waals surface area contributed by atoms with E-state index in [1.54, 1.807) is 0 Å². The summed E-state index contributed by atoms with van der Waals surface area (Å²) in [6, 6.07) is 15.0. The molecule has 4 aliphatic rings. The molecule has 3 fully saturated rings. The zero-order valence-electron chi connectivity index (χ0n) is 34.3. The summed E-state index contributed by atoms with van der Waals surface area (Å²) in [6.07, 6.45) is 11.9. The number of anilines is 1. The predicted octanol–water partition coefficient (Wildman–Crippen LogP) is 5.67. The quantitative estimate of drug-likeness (QED) is 0.131. The van der Waals surface area contributed by atoms with Gasteiger partial charge in [-0.05, 0) is 81.2 Å². The lowest BCUT2D eigenvalue weighted by Crippen LogP contribution is -2.58. The summed E-state index contributed by atoms with van der Waals surface area (Å²) in [7, 11) is 0. The number of nitrogens with one attached hydrogen (secondary N) is 2. The lowest BCUT2D eigenvalue weighted by molar-refractivity contribution is -0.135. The van der Waals surface area contributed by atoms with E-state index < -0.39 is 0 Å². The van der Waals surface area contributed by atoms with Crippen LogP contribution in [-0.4, -0.2) is 128 Å². The minimum Gasteiger partial charge on any atom is -0.481 e. The molecule has 2 saturated heterocycles. The lowest BCUT2D eigenvalue weighted by Gasteiger charge is -2.47. The number of hydrogen-bond acceptors (Lipinski definition) is 10. The van der Waals surface area contributed by atoms with Crippen molar-refractivity contribution in [2.24, 2.45) is 0 Å². The van der Waals surface area contributed by atoms with Crippen molar-refractivity contribution in [3.63, 3.8) is 0 Å². The van der Waals surface area contributed by atoms with E-state index in [4.69, 9.17) is 14.2 Å². The Kier molecular flexibility index (Phi) is 15.2. The fourth-order valence-corrected chi connectivity index (χ4v) is 9.47. The number of aryl methyl sites for hydroxylation is 1. The largest absolute Gasteiger partial charge is 0.481 e. The second-order valence-corrected chi connectivity index (χ2v) is 17.5. The summed E-state index contributed by atoms with van der Waals surface area (Å²) in [6.45, 7) is 10.0. The maximum absolute atomic E-state index is 13.6. The molecule has 2 N–H and O–H groups in total. The molecule has 3 aliphatic heterocycles. The number of para-hydroxylation sites is 1. The highest BCUT2D eigenvalue weighted by molar-refractivity contribution is 7.09. The molecule has 3 aromatic rings. The van der Waals surface area contributed by atoms with Gasteiger partial charge < -0.3 is 39.5 Å². The minimum absolute atomic E-state index is 0.0253. The zero-order chi connectivity index (χ0) is 40.2. The van der Waals surface area contributed by atoms with E-state index in [1.165, 1.54) is 48.1 Å². The Hall–Kier alpha value is -3.88. The third kappa shape index (κ3) is 11.7. The van der Waals surface area contributed by atoms with Crippen LogP contribution in [0.25, 0.3) is 0 Å². The molecule has 314 valence electrons. The Labute approximate surface area is 348 Å². The summed E-state index contributed by atoms with van der Waals surface area (Å²) >= 11 is 1.52. The van der Waals surface area contributed by atoms with Crippen LogP contribution in [0.1, 0.15) is 90.0 Å². The molecular weight excluding hydrogens is 753 g/mol. The van der Waals surface area contributed by atoms with Crippen LogP contribution in [0.15, 0.2) is 47.8 Å². The number of aromatic nitrogens is 1. The molecule has 0 bridgehead atoms. The number of benzene rings is 2. The average Bonchev–Trinajstić information content (AvgIpc) is 3.50. The summed E-state index contributed by atoms with van der Waals surface area (Å²) in [5, 5.41) is 9.21. The van der Waals surface area contributed by atoms with Crippen molar-refractivity contribution in [1.29, 1.82) is 0 Å². The third-order valence-corrected chi connectivity index (χ3v) is 13.1. The van der Waals surface area contributed by atoms with E-state index in [0.717, 1.165) is 99.7 Å². The van der Waals surface area contributed by atoms with Crippen LogP contribution in [0.4, 0.5) is 5.69 Å². The van der Waals surface area contributed by atoms with E-state index in [9.17, 15) is 14.4 Å². The molecule has 12 nitrogen and oxygen atoms in total. The van der Waals surface area contributed by atoms with Crippen molar-refractivity contribution in [1.82, 2.24) is 25.0 Å². The highest BCUT2D eigenvalue weighted by Crippen LogP contribution is 2.33. The van der Waals surface area contributed by atoms with Gasteiger partial charge in [-0.3, -0.25) is 14.4 Å². The van der Waals surface area contributed by atoms with Crippen molar-refractivity contribution in [3.8, 4) is 5.75 Å². The van der Waals surface area contributed by atoms with Gasteiger partial charge in [0.2, 0.25) is 5.91 Å². The van der Waals surface area contributed by atoms with E-state index in [2.05, 4.69) is 49.7 Å². The van der Waals surface area contributed by atoms with Gasteiger partial charge in [0.1, 0.15) is 11.4 Å². The monoisotopic (exact) mass is 814 g/mol. The molecule has 1 aromatic heterocycles. The van der Waals surface area contributed by atoms with Gasteiger partial charge in [-0.2, -0.15) is 0 Å². The Morgan fingerprint density at radius 2 is 1.76 bits per heavy atom.